The van der Waals surface area contributed by atoms with Crippen molar-refractivity contribution in [1.82, 2.24) is 10.2 Å². The van der Waals surface area contributed by atoms with Gasteiger partial charge in [-0.1, -0.05) is 54.8 Å². The first-order valence-corrected chi connectivity index (χ1v) is 13.7. The van der Waals surface area contributed by atoms with Crippen molar-refractivity contribution in [3.63, 3.8) is 0 Å². The molecular weight excluding hydrogens is 474 g/mol. The van der Waals surface area contributed by atoms with Crippen LogP contribution in [0.25, 0.3) is 0 Å². The fraction of sp³-hybridized carbons (Fsp3) is 0.440. The first kappa shape index (κ1) is 26.0. The SMILES string of the molecule is Cc1cccc(N(CC(=O)N(Cc2ccccc2Cl)[C@@H](C)C(=O)NC2CCCC2)S(C)(=O)=O)c1. The van der Waals surface area contributed by atoms with Crippen molar-refractivity contribution in [2.45, 2.75) is 58.2 Å². The van der Waals surface area contributed by atoms with Crippen LogP contribution in [0.15, 0.2) is 48.5 Å². The fourth-order valence-electron chi connectivity index (χ4n) is 4.18. The molecule has 0 aliphatic heterocycles. The summed E-state index contributed by atoms with van der Waals surface area (Å²) in [6.07, 6.45) is 5.05. The molecule has 184 valence electrons. The number of amides is 2. The molecule has 0 aromatic heterocycles. The maximum Gasteiger partial charge on any atom is 0.244 e. The van der Waals surface area contributed by atoms with E-state index in [0.29, 0.717) is 16.3 Å². The molecule has 0 spiro atoms. The number of rotatable bonds is 9. The molecule has 0 unspecified atom stereocenters. The molecule has 2 amide bonds. The molecule has 1 atom stereocenters. The van der Waals surface area contributed by atoms with Crippen LogP contribution in [0.5, 0.6) is 0 Å². The maximum atomic E-state index is 13.6. The Balaban J connectivity index is 1.89. The molecule has 34 heavy (non-hydrogen) atoms. The quantitative estimate of drug-likeness (QED) is 0.560. The van der Waals surface area contributed by atoms with Crippen LogP contribution in [-0.4, -0.2) is 50.0 Å². The first-order chi connectivity index (χ1) is 16.1. The van der Waals surface area contributed by atoms with Gasteiger partial charge in [-0.05, 0) is 56.0 Å². The van der Waals surface area contributed by atoms with Crippen molar-refractivity contribution in [1.29, 1.82) is 0 Å². The smallest absolute Gasteiger partial charge is 0.244 e. The third kappa shape index (κ3) is 6.73. The largest absolute Gasteiger partial charge is 0.352 e. The summed E-state index contributed by atoms with van der Waals surface area (Å²) >= 11 is 6.34. The predicted molar refractivity (Wildman–Crippen MR) is 135 cm³/mol. The molecule has 0 radical (unpaired) electrons. The number of anilines is 1. The molecule has 1 fully saturated rings. The van der Waals surface area contributed by atoms with E-state index in [2.05, 4.69) is 5.32 Å². The fourth-order valence-corrected chi connectivity index (χ4v) is 5.22. The number of carbonyl (C=O) groups excluding carboxylic acids is 2. The summed E-state index contributed by atoms with van der Waals surface area (Å²) < 4.78 is 26.3. The minimum atomic E-state index is -3.75. The Morgan fingerprint density at radius 3 is 2.41 bits per heavy atom. The van der Waals surface area contributed by atoms with Crippen LogP contribution in [0.4, 0.5) is 5.69 Å². The number of benzene rings is 2. The summed E-state index contributed by atoms with van der Waals surface area (Å²) in [6, 6.07) is 13.4. The number of sulfonamides is 1. The van der Waals surface area contributed by atoms with Crippen LogP contribution >= 0.6 is 11.6 Å². The lowest BCUT2D eigenvalue weighted by molar-refractivity contribution is -0.139. The molecule has 7 nitrogen and oxygen atoms in total. The summed E-state index contributed by atoms with van der Waals surface area (Å²) in [4.78, 5) is 28.0. The lowest BCUT2D eigenvalue weighted by Crippen LogP contribution is -2.52. The standard InChI is InChI=1S/C25H32ClN3O4S/c1-18-9-8-13-22(15-18)29(34(3,32)33)17-24(30)28(16-20-10-4-7-14-23(20)26)19(2)25(31)27-21-11-5-6-12-21/h4,7-10,13-15,19,21H,5-6,11-12,16-17H2,1-3H3,(H,27,31)/t19-/m0/s1. The second-order valence-electron chi connectivity index (χ2n) is 8.89. The second-order valence-corrected chi connectivity index (χ2v) is 11.2. The number of halogens is 1. The Labute approximate surface area is 207 Å². The van der Waals surface area contributed by atoms with Gasteiger partial charge in [-0.2, -0.15) is 0 Å². The Bertz CT molecular complexity index is 1130. The molecule has 2 aromatic rings. The average molecular weight is 506 g/mol. The van der Waals surface area contributed by atoms with Crippen LogP contribution in [0.2, 0.25) is 5.02 Å². The van der Waals surface area contributed by atoms with Gasteiger partial charge in [0.15, 0.2) is 0 Å². The predicted octanol–water partition coefficient (Wildman–Crippen LogP) is 3.89. The van der Waals surface area contributed by atoms with Gasteiger partial charge in [-0.25, -0.2) is 8.42 Å². The molecule has 0 bridgehead atoms. The molecule has 3 rings (SSSR count). The van der Waals surface area contributed by atoms with Gasteiger partial charge in [0.05, 0.1) is 11.9 Å². The first-order valence-electron chi connectivity index (χ1n) is 11.4. The zero-order valence-electron chi connectivity index (χ0n) is 19.8. The summed E-state index contributed by atoms with van der Waals surface area (Å²) in [5.74, 6) is -0.741. The molecule has 0 saturated heterocycles. The van der Waals surface area contributed by atoms with Crippen LogP contribution in [0.1, 0.15) is 43.7 Å². The van der Waals surface area contributed by atoms with Crippen LogP contribution in [0, 0.1) is 6.92 Å². The molecule has 1 saturated carbocycles. The molecule has 9 heteroatoms. The normalized spacial score (nSPS) is 15.1. The van der Waals surface area contributed by atoms with Crippen molar-refractivity contribution < 1.29 is 18.0 Å². The Hall–Kier alpha value is -2.58. The van der Waals surface area contributed by atoms with E-state index in [4.69, 9.17) is 11.6 Å². The highest BCUT2D eigenvalue weighted by Gasteiger charge is 2.31. The zero-order valence-corrected chi connectivity index (χ0v) is 21.4. The monoisotopic (exact) mass is 505 g/mol. The van der Waals surface area contributed by atoms with E-state index in [1.54, 1.807) is 43.3 Å². The van der Waals surface area contributed by atoms with Crippen LogP contribution in [-0.2, 0) is 26.2 Å². The van der Waals surface area contributed by atoms with E-state index in [-0.39, 0.29) is 18.5 Å². The van der Waals surface area contributed by atoms with E-state index in [1.165, 1.54) is 4.90 Å². The highest BCUT2D eigenvalue weighted by Crippen LogP contribution is 2.23. The lowest BCUT2D eigenvalue weighted by Gasteiger charge is -2.32. The number of nitrogens with one attached hydrogen (secondary N) is 1. The third-order valence-corrected chi connectivity index (χ3v) is 7.65. The Kier molecular flexibility index (Phi) is 8.60. The van der Waals surface area contributed by atoms with E-state index >= 15 is 0 Å². The average Bonchev–Trinajstić information content (AvgIpc) is 3.28. The lowest BCUT2D eigenvalue weighted by atomic mass is 10.1. The van der Waals surface area contributed by atoms with Crippen molar-refractivity contribution in [2.75, 3.05) is 17.1 Å². The number of carbonyl (C=O) groups is 2. The van der Waals surface area contributed by atoms with Gasteiger partial charge in [-0.15, -0.1) is 0 Å². The number of aryl methyl sites for hydroxylation is 1. The summed E-state index contributed by atoms with van der Waals surface area (Å²) in [5, 5.41) is 3.51. The minimum absolute atomic E-state index is 0.0865. The molecular formula is C25H32ClN3O4S. The summed E-state index contributed by atoms with van der Waals surface area (Å²) in [6.45, 7) is 3.18. The van der Waals surface area contributed by atoms with Crippen molar-refractivity contribution in [3.05, 3.63) is 64.7 Å². The van der Waals surface area contributed by atoms with E-state index in [0.717, 1.165) is 41.8 Å². The number of nitrogens with zero attached hydrogens (tertiary/aromatic N) is 2. The molecule has 0 heterocycles. The van der Waals surface area contributed by atoms with Gasteiger partial charge in [0.2, 0.25) is 21.8 Å². The number of hydrogen-bond acceptors (Lipinski definition) is 4. The van der Waals surface area contributed by atoms with Gasteiger partial charge in [-0.3, -0.25) is 13.9 Å². The Morgan fingerprint density at radius 2 is 1.79 bits per heavy atom. The molecule has 1 N–H and O–H groups in total. The zero-order chi connectivity index (χ0) is 24.9. The molecule has 2 aromatic carbocycles. The van der Waals surface area contributed by atoms with Gasteiger partial charge in [0.25, 0.3) is 0 Å². The van der Waals surface area contributed by atoms with E-state index < -0.39 is 28.5 Å². The van der Waals surface area contributed by atoms with Crippen molar-refractivity contribution in [3.8, 4) is 0 Å². The van der Waals surface area contributed by atoms with E-state index in [9.17, 15) is 18.0 Å². The van der Waals surface area contributed by atoms with E-state index in [1.807, 2.05) is 19.1 Å². The third-order valence-electron chi connectivity index (χ3n) is 6.14. The second kappa shape index (κ2) is 11.2. The minimum Gasteiger partial charge on any atom is -0.352 e. The highest BCUT2D eigenvalue weighted by atomic mass is 35.5. The maximum absolute atomic E-state index is 13.6. The van der Waals surface area contributed by atoms with Crippen LogP contribution in [0.3, 0.4) is 0 Å². The molecule has 1 aliphatic carbocycles. The summed E-state index contributed by atoms with van der Waals surface area (Å²) in [5.41, 5.74) is 1.95. The van der Waals surface area contributed by atoms with Crippen molar-refractivity contribution >= 4 is 39.1 Å². The van der Waals surface area contributed by atoms with Gasteiger partial charge < -0.3 is 10.2 Å². The van der Waals surface area contributed by atoms with Gasteiger partial charge in [0, 0.05) is 17.6 Å². The topological polar surface area (TPSA) is 86.8 Å². The Morgan fingerprint density at radius 1 is 1.12 bits per heavy atom. The highest BCUT2D eigenvalue weighted by molar-refractivity contribution is 7.92. The number of hydrogen-bond donors (Lipinski definition) is 1. The van der Waals surface area contributed by atoms with Gasteiger partial charge >= 0.3 is 0 Å². The van der Waals surface area contributed by atoms with Crippen molar-refractivity contribution in [2.24, 2.45) is 0 Å². The summed E-state index contributed by atoms with van der Waals surface area (Å²) in [7, 11) is -3.75. The molecule has 1 aliphatic rings. The van der Waals surface area contributed by atoms with Gasteiger partial charge in [0.1, 0.15) is 12.6 Å². The van der Waals surface area contributed by atoms with Crippen LogP contribution < -0.4 is 9.62 Å².